The van der Waals surface area contributed by atoms with Crippen molar-refractivity contribution in [3.8, 4) is 0 Å². The van der Waals surface area contributed by atoms with Gasteiger partial charge in [-0.15, -0.1) is 0 Å². The second-order valence-electron chi connectivity index (χ2n) is 5.29. The summed E-state index contributed by atoms with van der Waals surface area (Å²) in [6.45, 7) is 6.93. The zero-order valence-corrected chi connectivity index (χ0v) is 11.2. The molecule has 1 amide bonds. The van der Waals surface area contributed by atoms with E-state index in [0.717, 1.165) is 12.8 Å². The fraction of sp³-hybridized carbons (Fsp3) is 0.846. The molecule has 17 heavy (non-hydrogen) atoms. The maximum atomic E-state index is 11.8. The molecule has 0 saturated carbocycles. The van der Waals surface area contributed by atoms with Gasteiger partial charge in [0.1, 0.15) is 0 Å². The number of carbonyl (C=O) groups is 2. The molecule has 1 aliphatic rings. The molecule has 1 aliphatic heterocycles. The maximum Gasteiger partial charge on any atom is 0.310 e. The van der Waals surface area contributed by atoms with Gasteiger partial charge in [-0.3, -0.25) is 9.59 Å². The van der Waals surface area contributed by atoms with Crippen molar-refractivity contribution in [2.45, 2.75) is 46.1 Å². The van der Waals surface area contributed by atoms with Crippen LogP contribution in [0.3, 0.4) is 0 Å². The Balaban J connectivity index is 2.49. The van der Waals surface area contributed by atoms with E-state index in [0.29, 0.717) is 18.9 Å². The van der Waals surface area contributed by atoms with E-state index in [2.05, 4.69) is 20.8 Å². The van der Waals surface area contributed by atoms with Gasteiger partial charge in [-0.1, -0.05) is 13.8 Å². The number of carbonyl (C=O) groups excluding carboxylic acids is 2. The third-order valence-corrected chi connectivity index (χ3v) is 3.39. The first-order valence-electron chi connectivity index (χ1n) is 6.33. The summed E-state index contributed by atoms with van der Waals surface area (Å²) in [5, 5.41) is 0. The Kier molecular flexibility index (Phi) is 4.97. The van der Waals surface area contributed by atoms with Crippen LogP contribution in [-0.4, -0.2) is 36.5 Å². The van der Waals surface area contributed by atoms with Crippen molar-refractivity contribution in [2.75, 3.05) is 13.7 Å². The topological polar surface area (TPSA) is 46.6 Å². The molecule has 0 aromatic heterocycles. The third kappa shape index (κ3) is 3.72. The van der Waals surface area contributed by atoms with Gasteiger partial charge >= 0.3 is 5.97 Å². The largest absolute Gasteiger partial charge is 0.469 e. The minimum Gasteiger partial charge on any atom is -0.469 e. The Hall–Kier alpha value is -1.06. The summed E-state index contributed by atoms with van der Waals surface area (Å²) in [6.07, 6.45) is 2.41. The lowest BCUT2D eigenvalue weighted by atomic mass is 10.0. The number of rotatable bonds is 5. The molecule has 2 atom stereocenters. The van der Waals surface area contributed by atoms with E-state index in [9.17, 15) is 9.59 Å². The van der Waals surface area contributed by atoms with Gasteiger partial charge in [-0.2, -0.15) is 0 Å². The second kappa shape index (κ2) is 6.03. The number of hydrogen-bond donors (Lipinski definition) is 0. The average Bonchev–Trinajstić information content (AvgIpc) is 2.67. The quantitative estimate of drug-likeness (QED) is 0.690. The number of hydrogen-bond acceptors (Lipinski definition) is 3. The molecule has 0 radical (unpaired) electrons. The van der Waals surface area contributed by atoms with Crippen LogP contribution >= 0.6 is 0 Å². The van der Waals surface area contributed by atoms with Gasteiger partial charge in [0.15, 0.2) is 0 Å². The SMILES string of the molecule is COC(=O)C1CC(=O)N(C(C)CCC(C)C)C1. The van der Waals surface area contributed by atoms with Gasteiger partial charge < -0.3 is 9.64 Å². The van der Waals surface area contributed by atoms with Crippen LogP contribution in [0.25, 0.3) is 0 Å². The summed E-state index contributed by atoms with van der Waals surface area (Å²) in [6, 6.07) is 0.222. The molecule has 1 rings (SSSR count). The van der Waals surface area contributed by atoms with E-state index in [4.69, 9.17) is 4.74 Å². The van der Waals surface area contributed by atoms with Crippen LogP contribution < -0.4 is 0 Å². The van der Waals surface area contributed by atoms with E-state index in [-0.39, 0.29) is 23.8 Å². The molecule has 0 aliphatic carbocycles. The molecule has 4 nitrogen and oxygen atoms in total. The Bertz CT molecular complexity index is 288. The molecule has 4 heteroatoms. The first-order chi connectivity index (χ1) is 7.95. The summed E-state index contributed by atoms with van der Waals surface area (Å²) in [5.74, 6) is 0.189. The van der Waals surface area contributed by atoms with E-state index in [1.165, 1.54) is 7.11 Å². The van der Waals surface area contributed by atoms with E-state index < -0.39 is 0 Å². The van der Waals surface area contributed by atoms with E-state index in [1.54, 1.807) is 0 Å². The number of amides is 1. The maximum absolute atomic E-state index is 11.8. The summed E-state index contributed by atoms with van der Waals surface area (Å²) < 4.78 is 4.69. The molecule has 98 valence electrons. The summed E-state index contributed by atoms with van der Waals surface area (Å²) >= 11 is 0. The fourth-order valence-corrected chi connectivity index (χ4v) is 2.21. The van der Waals surface area contributed by atoms with E-state index >= 15 is 0 Å². The van der Waals surface area contributed by atoms with Crippen molar-refractivity contribution in [3.05, 3.63) is 0 Å². The fourth-order valence-electron chi connectivity index (χ4n) is 2.21. The summed E-state index contributed by atoms with van der Waals surface area (Å²) in [4.78, 5) is 25.0. The average molecular weight is 241 g/mol. The minimum absolute atomic E-state index is 0.0802. The monoisotopic (exact) mass is 241 g/mol. The van der Waals surface area contributed by atoms with Crippen molar-refractivity contribution in [1.29, 1.82) is 0 Å². The highest BCUT2D eigenvalue weighted by Crippen LogP contribution is 2.23. The summed E-state index contributed by atoms with van der Waals surface area (Å²) in [7, 11) is 1.37. The Morgan fingerprint density at radius 3 is 2.59 bits per heavy atom. The molecular formula is C13H23NO3. The van der Waals surface area contributed by atoms with Crippen LogP contribution in [0.15, 0.2) is 0 Å². The van der Waals surface area contributed by atoms with Crippen molar-refractivity contribution in [2.24, 2.45) is 11.8 Å². The second-order valence-corrected chi connectivity index (χ2v) is 5.29. The molecule has 1 saturated heterocycles. The van der Waals surface area contributed by atoms with Gasteiger partial charge in [0.25, 0.3) is 0 Å². The number of nitrogens with zero attached hydrogens (tertiary/aromatic N) is 1. The Labute approximate surface area is 103 Å². The van der Waals surface area contributed by atoms with Crippen LogP contribution in [0.1, 0.15) is 40.0 Å². The summed E-state index contributed by atoms with van der Waals surface area (Å²) in [5.41, 5.74) is 0. The molecule has 0 aromatic rings. The van der Waals surface area contributed by atoms with Gasteiger partial charge in [0, 0.05) is 19.0 Å². The lowest BCUT2D eigenvalue weighted by Crippen LogP contribution is -2.35. The van der Waals surface area contributed by atoms with Crippen molar-refractivity contribution >= 4 is 11.9 Å². The molecule has 0 spiro atoms. The number of likely N-dealkylation sites (tertiary alicyclic amines) is 1. The normalized spacial score (nSPS) is 22.1. The van der Waals surface area contributed by atoms with Gasteiger partial charge in [0.05, 0.1) is 13.0 Å². The Morgan fingerprint density at radius 1 is 1.41 bits per heavy atom. The highest BCUT2D eigenvalue weighted by atomic mass is 16.5. The van der Waals surface area contributed by atoms with Crippen LogP contribution in [0.2, 0.25) is 0 Å². The number of methoxy groups -OCH3 is 1. The number of esters is 1. The Morgan fingerprint density at radius 2 is 2.06 bits per heavy atom. The third-order valence-electron chi connectivity index (χ3n) is 3.39. The molecule has 0 bridgehead atoms. The highest BCUT2D eigenvalue weighted by molar-refractivity contribution is 5.86. The van der Waals surface area contributed by atoms with Crippen LogP contribution in [0.5, 0.6) is 0 Å². The predicted octanol–water partition coefficient (Wildman–Crippen LogP) is 1.83. The van der Waals surface area contributed by atoms with Crippen LogP contribution in [0.4, 0.5) is 0 Å². The van der Waals surface area contributed by atoms with Gasteiger partial charge in [0.2, 0.25) is 5.91 Å². The zero-order valence-electron chi connectivity index (χ0n) is 11.2. The first kappa shape index (κ1) is 14.0. The number of ether oxygens (including phenoxy) is 1. The van der Waals surface area contributed by atoms with Crippen LogP contribution in [0, 0.1) is 11.8 Å². The molecule has 1 heterocycles. The molecule has 1 fully saturated rings. The van der Waals surface area contributed by atoms with Crippen molar-refractivity contribution < 1.29 is 14.3 Å². The smallest absolute Gasteiger partial charge is 0.310 e. The molecular weight excluding hydrogens is 218 g/mol. The predicted molar refractivity (Wildman–Crippen MR) is 65.4 cm³/mol. The van der Waals surface area contributed by atoms with Crippen LogP contribution in [-0.2, 0) is 14.3 Å². The lowest BCUT2D eigenvalue weighted by Gasteiger charge is -2.25. The lowest BCUT2D eigenvalue weighted by molar-refractivity contribution is -0.145. The highest BCUT2D eigenvalue weighted by Gasteiger charge is 2.36. The first-order valence-corrected chi connectivity index (χ1v) is 6.33. The molecule has 0 aromatic carbocycles. The zero-order chi connectivity index (χ0) is 13.0. The van der Waals surface area contributed by atoms with E-state index in [1.807, 2.05) is 4.90 Å². The molecule has 0 N–H and O–H groups in total. The van der Waals surface area contributed by atoms with Gasteiger partial charge in [-0.05, 0) is 25.7 Å². The molecule has 2 unspecified atom stereocenters. The van der Waals surface area contributed by atoms with Crippen molar-refractivity contribution in [1.82, 2.24) is 4.90 Å². The van der Waals surface area contributed by atoms with Crippen molar-refractivity contribution in [3.63, 3.8) is 0 Å². The standard InChI is InChI=1S/C13H23NO3/c1-9(2)5-6-10(3)14-8-11(7-12(14)15)13(16)17-4/h9-11H,5-8H2,1-4H3. The van der Waals surface area contributed by atoms with Gasteiger partial charge in [-0.25, -0.2) is 0 Å². The minimum atomic E-state index is -0.269.